The molecule has 0 saturated heterocycles. The summed E-state index contributed by atoms with van der Waals surface area (Å²) >= 11 is 5.90. The Morgan fingerprint density at radius 2 is 2.06 bits per heavy atom. The van der Waals surface area contributed by atoms with E-state index in [9.17, 15) is 0 Å². The average Bonchev–Trinajstić information content (AvgIpc) is 3.15. The van der Waals surface area contributed by atoms with Crippen LogP contribution in [0.3, 0.4) is 0 Å². The lowest BCUT2D eigenvalue weighted by Gasteiger charge is -2.18. The molecule has 1 unspecified atom stereocenters. The van der Waals surface area contributed by atoms with Crippen LogP contribution in [-0.4, -0.2) is 19.7 Å². The second-order valence-corrected chi connectivity index (χ2v) is 5.06. The van der Waals surface area contributed by atoms with Crippen LogP contribution in [0.15, 0.2) is 24.3 Å². The fourth-order valence-electron chi connectivity index (χ4n) is 1.76. The van der Waals surface area contributed by atoms with Gasteiger partial charge in [-0.25, -0.2) is 0 Å². The first kappa shape index (κ1) is 12.9. The Morgan fingerprint density at radius 3 is 2.65 bits per heavy atom. The van der Waals surface area contributed by atoms with Crippen LogP contribution >= 0.6 is 11.6 Å². The predicted molar refractivity (Wildman–Crippen MR) is 71.4 cm³/mol. The van der Waals surface area contributed by atoms with E-state index in [4.69, 9.17) is 16.3 Å². The molecule has 0 heterocycles. The molecule has 1 fully saturated rings. The van der Waals surface area contributed by atoms with Crippen LogP contribution in [0.1, 0.15) is 31.4 Å². The van der Waals surface area contributed by atoms with E-state index in [-0.39, 0.29) is 6.10 Å². The Labute approximate surface area is 108 Å². The minimum atomic E-state index is 0.146. The zero-order chi connectivity index (χ0) is 12.1. The molecule has 1 aliphatic carbocycles. The average molecular weight is 254 g/mol. The van der Waals surface area contributed by atoms with Crippen LogP contribution in [0.2, 0.25) is 5.02 Å². The van der Waals surface area contributed by atoms with Gasteiger partial charge in [-0.05, 0) is 43.0 Å². The van der Waals surface area contributed by atoms with Crippen LogP contribution in [-0.2, 0) is 4.74 Å². The molecule has 94 valence electrons. The van der Waals surface area contributed by atoms with Crippen molar-refractivity contribution in [1.82, 2.24) is 5.32 Å². The highest BCUT2D eigenvalue weighted by atomic mass is 35.5. The van der Waals surface area contributed by atoms with E-state index in [1.165, 1.54) is 18.4 Å². The van der Waals surface area contributed by atoms with Crippen LogP contribution in [0.25, 0.3) is 0 Å². The molecule has 0 aliphatic heterocycles. The number of ether oxygens (including phenoxy) is 1. The van der Waals surface area contributed by atoms with Crippen molar-refractivity contribution in [3.8, 4) is 0 Å². The summed E-state index contributed by atoms with van der Waals surface area (Å²) in [7, 11) is 0. The van der Waals surface area contributed by atoms with Gasteiger partial charge in [-0.3, -0.25) is 0 Å². The largest absolute Gasteiger partial charge is 0.372 e. The van der Waals surface area contributed by atoms with E-state index in [1.54, 1.807) is 0 Å². The van der Waals surface area contributed by atoms with E-state index < -0.39 is 0 Å². The zero-order valence-electron chi connectivity index (χ0n) is 10.3. The van der Waals surface area contributed by atoms with E-state index in [1.807, 2.05) is 12.1 Å². The molecule has 1 N–H and O–H groups in total. The van der Waals surface area contributed by atoms with Gasteiger partial charge in [-0.1, -0.05) is 30.7 Å². The second-order valence-electron chi connectivity index (χ2n) is 4.62. The van der Waals surface area contributed by atoms with Crippen LogP contribution in [0, 0.1) is 5.92 Å². The van der Waals surface area contributed by atoms with Gasteiger partial charge < -0.3 is 10.1 Å². The summed E-state index contributed by atoms with van der Waals surface area (Å²) in [4.78, 5) is 0. The molecule has 1 aliphatic rings. The molecule has 2 rings (SSSR count). The van der Waals surface area contributed by atoms with Crippen molar-refractivity contribution in [3.63, 3.8) is 0 Å². The number of hydrogen-bond acceptors (Lipinski definition) is 2. The molecule has 0 radical (unpaired) electrons. The number of halogens is 1. The smallest absolute Gasteiger partial charge is 0.0949 e. The fourth-order valence-corrected chi connectivity index (χ4v) is 1.89. The highest BCUT2D eigenvalue weighted by Gasteiger charge is 2.23. The molecule has 1 aromatic rings. The minimum absolute atomic E-state index is 0.146. The van der Waals surface area contributed by atoms with Crippen molar-refractivity contribution >= 4 is 11.6 Å². The third kappa shape index (κ3) is 4.30. The van der Waals surface area contributed by atoms with Gasteiger partial charge in [0.1, 0.15) is 0 Å². The number of benzene rings is 1. The van der Waals surface area contributed by atoms with Gasteiger partial charge >= 0.3 is 0 Å². The lowest BCUT2D eigenvalue weighted by Crippen LogP contribution is -2.23. The summed E-state index contributed by atoms with van der Waals surface area (Å²) in [6, 6.07) is 7.96. The molecule has 17 heavy (non-hydrogen) atoms. The van der Waals surface area contributed by atoms with E-state index in [2.05, 4.69) is 24.4 Å². The number of hydrogen-bond donors (Lipinski definition) is 1. The third-order valence-corrected chi connectivity index (χ3v) is 3.30. The molecule has 2 nitrogen and oxygen atoms in total. The maximum atomic E-state index is 5.99. The predicted octanol–water partition coefficient (Wildman–Crippen LogP) is 3.42. The van der Waals surface area contributed by atoms with Gasteiger partial charge in [-0.15, -0.1) is 0 Å². The van der Waals surface area contributed by atoms with Gasteiger partial charge in [-0.2, -0.15) is 0 Å². The van der Waals surface area contributed by atoms with Crippen molar-refractivity contribution in [1.29, 1.82) is 0 Å². The van der Waals surface area contributed by atoms with Crippen molar-refractivity contribution < 1.29 is 4.74 Å². The molecule has 1 saturated carbocycles. The molecule has 1 aromatic carbocycles. The molecule has 0 spiro atoms. The van der Waals surface area contributed by atoms with Crippen LogP contribution in [0.5, 0.6) is 0 Å². The first-order valence-corrected chi connectivity index (χ1v) is 6.75. The van der Waals surface area contributed by atoms with E-state index in [0.29, 0.717) is 0 Å². The van der Waals surface area contributed by atoms with Gasteiger partial charge in [0.15, 0.2) is 0 Å². The quantitative estimate of drug-likeness (QED) is 0.804. The van der Waals surface area contributed by atoms with Crippen LogP contribution in [0.4, 0.5) is 0 Å². The summed E-state index contributed by atoms with van der Waals surface area (Å²) < 4.78 is 5.99. The Kier molecular flexibility index (Phi) is 4.84. The molecular weight excluding hydrogens is 234 g/mol. The topological polar surface area (TPSA) is 21.3 Å². The second kappa shape index (κ2) is 6.39. The highest BCUT2D eigenvalue weighted by Crippen LogP contribution is 2.31. The molecule has 3 heteroatoms. The van der Waals surface area contributed by atoms with Crippen molar-refractivity contribution in [2.24, 2.45) is 5.92 Å². The SMILES string of the molecule is CCNCC(OCC1CC1)c1ccc(Cl)cc1. The fraction of sp³-hybridized carbons (Fsp3) is 0.571. The molecule has 0 aromatic heterocycles. The maximum absolute atomic E-state index is 5.99. The van der Waals surface area contributed by atoms with Crippen molar-refractivity contribution in [3.05, 3.63) is 34.9 Å². The lowest BCUT2D eigenvalue weighted by molar-refractivity contribution is 0.0456. The summed E-state index contributed by atoms with van der Waals surface area (Å²) in [5.41, 5.74) is 1.20. The first-order chi connectivity index (χ1) is 8.29. The van der Waals surface area contributed by atoms with Gasteiger partial charge in [0.2, 0.25) is 0 Å². The summed E-state index contributed by atoms with van der Waals surface area (Å²) in [5.74, 6) is 0.798. The number of nitrogens with one attached hydrogen (secondary N) is 1. The van der Waals surface area contributed by atoms with Gasteiger partial charge in [0.05, 0.1) is 12.7 Å². The Bertz CT molecular complexity index is 335. The Morgan fingerprint density at radius 1 is 1.35 bits per heavy atom. The molecule has 0 bridgehead atoms. The van der Waals surface area contributed by atoms with E-state index in [0.717, 1.165) is 30.6 Å². The van der Waals surface area contributed by atoms with Gasteiger partial charge in [0, 0.05) is 11.6 Å². The van der Waals surface area contributed by atoms with Gasteiger partial charge in [0.25, 0.3) is 0 Å². The number of likely N-dealkylation sites (N-methyl/N-ethyl adjacent to an activating group) is 1. The molecular formula is C14H20ClNO. The third-order valence-electron chi connectivity index (χ3n) is 3.05. The van der Waals surface area contributed by atoms with Crippen molar-refractivity contribution in [2.45, 2.75) is 25.9 Å². The monoisotopic (exact) mass is 253 g/mol. The number of rotatable bonds is 7. The molecule has 1 atom stereocenters. The Hall–Kier alpha value is -0.570. The standard InChI is InChI=1S/C14H20ClNO/c1-2-16-9-14(17-10-11-3-4-11)12-5-7-13(15)8-6-12/h5-8,11,14,16H,2-4,9-10H2,1H3. The first-order valence-electron chi connectivity index (χ1n) is 6.37. The summed E-state index contributed by atoms with van der Waals surface area (Å²) in [5, 5.41) is 4.12. The minimum Gasteiger partial charge on any atom is -0.372 e. The van der Waals surface area contributed by atoms with E-state index >= 15 is 0 Å². The zero-order valence-corrected chi connectivity index (χ0v) is 11.0. The normalized spacial score (nSPS) is 17.1. The molecule has 0 amide bonds. The maximum Gasteiger partial charge on any atom is 0.0949 e. The Balaban J connectivity index is 1.93. The summed E-state index contributed by atoms with van der Waals surface area (Å²) in [6.07, 6.45) is 2.80. The van der Waals surface area contributed by atoms with Crippen molar-refractivity contribution in [2.75, 3.05) is 19.7 Å². The lowest BCUT2D eigenvalue weighted by atomic mass is 10.1. The van der Waals surface area contributed by atoms with Crippen LogP contribution < -0.4 is 5.32 Å². The highest BCUT2D eigenvalue weighted by molar-refractivity contribution is 6.30. The summed E-state index contributed by atoms with van der Waals surface area (Å²) in [6.45, 7) is 4.83.